The second kappa shape index (κ2) is 4.58. The van der Waals surface area contributed by atoms with E-state index in [4.69, 9.17) is 0 Å². The molecule has 0 fully saturated rings. The first-order valence-electron chi connectivity index (χ1n) is 10.1. The lowest BCUT2D eigenvalue weighted by atomic mass is 9.80. The first kappa shape index (κ1) is 14.9. The van der Waals surface area contributed by atoms with Crippen LogP contribution < -0.4 is 10.9 Å². The molecule has 8 aromatic carbocycles. The molecular formula is C28H12O2. The first-order chi connectivity index (χ1) is 14.7. The minimum atomic E-state index is 0.0530. The molecule has 0 aromatic heterocycles. The van der Waals surface area contributed by atoms with Gasteiger partial charge in [0.15, 0.2) is 10.9 Å². The van der Waals surface area contributed by atoms with Gasteiger partial charge in [0.1, 0.15) is 0 Å². The van der Waals surface area contributed by atoms with Gasteiger partial charge in [-0.15, -0.1) is 0 Å². The van der Waals surface area contributed by atoms with Crippen LogP contribution in [-0.4, -0.2) is 0 Å². The Labute approximate surface area is 168 Å². The van der Waals surface area contributed by atoms with E-state index in [9.17, 15) is 9.59 Å². The zero-order chi connectivity index (χ0) is 19.7. The minimum Gasteiger partial charge on any atom is -0.289 e. The molecule has 0 aliphatic carbocycles. The molecule has 8 rings (SSSR count). The van der Waals surface area contributed by atoms with Crippen LogP contribution in [-0.2, 0) is 0 Å². The van der Waals surface area contributed by atoms with Crippen molar-refractivity contribution in [1.29, 1.82) is 0 Å². The fourth-order valence-corrected chi connectivity index (χ4v) is 5.95. The highest BCUT2D eigenvalue weighted by Gasteiger charge is 2.24. The molecule has 0 bridgehead atoms. The van der Waals surface area contributed by atoms with Crippen LogP contribution in [0.3, 0.4) is 0 Å². The molecule has 0 aliphatic rings. The van der Waals surface area contributed by atoms with Crippen LogP contribution in [0.25, 0.3) is 75.4 Å². The fourth-order valence-electron chi connectivity index (χ4n) is 5.95. The third kappa shape index (κ3) is 1.43. The molecule has 0 amide bonds. The Morgan fingerprint density at radius 3 is 1.27 bits per heavy atom. The average Bonchev–Trinajstić information content (AvgIpc) is 2.77. The lowest BCUT2D eigenvalue weighted by molar-refractivity contribution is 1.70. The maximum atomic E-state index is 13.1. The van der Waals surface area contributed by atoms with E-state index >= 15 is 0 Å². The van der Waals surface area contributed by atoms with Crippen molar-refractivity contribution in [2.75, 3.05) is 0 Å². The number of benzene rings is 8. The summed E-state index contributed by atoms with van der Waals surface area (Å²) in [6.07, 6.45) is 0. The summed E-state index contributed by atoms with van der Waals surface area (Å²) in [5.41, 5.74) is 0.106. The zero-order valence-corrected chi connectivity index (χ0v) is 15.7. The van der Waals surface area contributed by atoms with E-state index in [2.05, 4.69) is 36.4 Å². The van der Waals surface area contributed by atoms with Gasteiger partial charge in [0.05, 0.1) is 0 Å². The summed E-state index contributed by atoms with van der Waals surface area (Å²) in [5.74, 6) is 0. The highest BCUT2D eigenvalue weighted by atomic mass is 16.1. The fraction of sp³-hybridized carbons (Fsp3) is 0. The Hall–Kier alpha value is -4.04. The Kier molecular flexibility index (Phi) is 2.27. The Bertz CT molecular complexity index is 1930. The van der Waals surface area contributed by atoms with E-state index in [1.54, 1.807) is 12.1 Å². The highest BCUT2D eigenvalue weighted by molar-refractivity contribution is 6.48. The lowest BCUT2D eigenvalue weighted by Gasteiger charge is -2.21. The first-order valence-corrected chi connectivity index (χ1v) is 10.1. The van der Waals surface area contributed by atoms with Crippen LogP contribution in [0.4, 0.5) is 0 Å². The molecule has 0 heterocycles. The molecule has 8 aromatic rings. The number of hydrogen-bond acceptors (Lipinski definition) is 2. The number of hydrogen-bond donors (Lipinski definition) is 0. The largest absolute Gasteiger partial charge is 0.289 e. The Morgan fingerprint density at radius 1 is 0.367 bits per heavy atom. The van der Waals surface area contributed by atoms with Crippen molar-refractivity contribution < 1.29 is 0 Å². The van der Waals surface area contributed by atoms with Gasteiger partial charge in [0.25, 0.3) is 0 Å². The monoisotopic (exact) mass is 380 g/mol. The van der Waals surface area contributed by atoms with Crippen LogP contribution in [0.2, 0.25) is 0 Å². The van der Waals surface area contributed by atoms with Crippen molar-refractivity contribution in [2.45, 2.75) is 0 Å². The van der Waals surface area contributed by atoms with Gasteiger partial charge in [-0.2, -0.15) is 0 Å². The predicted molar refractivity (Wildman–Crippen MR) is 126 cm³/mol. The summed E-state index contributed by atoms with van der Waals surface area (Å²) in [4.78, 5) is 26.2. The quantitative estimate of drug-likeness (QED) is 0.231. The van der Waals surface area contributed by atoms with Gasteiger partial charge in [0.2, 0.25) is 0 Å². The molecule has 0 saturated carbocycles. The van der Waals surface area contributed by atoms with Crippen molar-refractivity contribution >= 4 is 75.4 Å². The smallest absolute Gasteiger partial charge is 0.187 e. The van der Waals surface area contributed by atoms with Crippen molar-refractivity contribution in [3.05, 3.63) is 93.2 Å². The van der Waals surface area contributed by atoms with E-state index in [1.807, 2.05) is 24.3 Å². The molecule has 30 heavy (non-hydrogen) atoms. The van der Waals surface area contributed by atoms with Gasteiger partial charge >= 0.3 is 0 Å². The molecule has 0 radical (unpaired) electrons. The standard InChI is InChI=1S/C28H12O2/c29-19-9-8-16-12-14-4-2-6-18-22(14)28-23(16)25(19)17-5-1-3-13-11-15-7-10-20(30)26(18)24(15)27(28)21(13)17/h1-12H. The van der Waals surface area contributed by atoms with Gasteiger partial charge in [-0.3, -0.25) is 9.59 Å². The topological polar surface area (TPSA) is 34.1 Å². The summed E-state index contributed by atoms with van der Waals surface area (Å²) in [5, 5.41) is 14.4. The van der Waals surface area contributed by atoms with E-state index in [0.29, 0.717) is 0 Å². The second-order valence-corrected chi connectivity index (χ2v) is 8.38. The van der Waals surface area contributed by atoms with Gasteiger partial charge in [0, 0.05) is 32.3 Å². The van der Waals surface area contributed by atoms with Crippen LogP contribution in [0.5, 0.6) is 0 Å². The van der Waals surface area contributed by atoms with Crippen molar-refractivity contribution in [3.63, 3.8) is 0 Å². The van der Waals surface area contributed by atoms with Crippen LogP contribution in [0.15, 0.2) is 82.4 Å². The summed E-state index contributed by atoms with van der Waals surface area (Å²) in [6, 6.07) is 23.9. The molecule has 0 atom stereocenters. The molecule has 0 unspecified atom stereocenters. The van der Waals surface area contributed by atoms with E-state index in [0.717, 1.165) is 75.4 Å². The number of fused-ring (bicyclic) bond motifs is 2. The predicted octanol–water partition coefficient (Wildman–Crippen LogP) is 6.23. The molecule has 2 nitrogen and oxygen atoms in total. The van der Waals surface area contributed by atoms with Crippen LogP contribution in [0.1, 0.15) is 0 Å². The molecule has 136 valence electrons. The molecular weight excluding hydrogens is 368 g/mol. The molecule has 0 spiro atoms. The molecule has 2 heteroatoms. The summed E-state index contributed by atoms with van der Waals surface area (Å²) < 4.78 is 0. The van der Waals surface area contributed by atoms with E-state index < -0.39 is 0 Å². The summed E-state index contributed by atoms with van der Waals surface area (Å²) >= 11 is 0. The Morgan fingerprint density at radius 2 is 0.800 bits per heavy atom. The molecule has 0 saturated heterocycles. The summed E-state index contributed by atoms with van der Waals surface area (Å²) in [6.45, 7) is 0. The van der Waals surface area contributed by atoms with E-state index in [-0.39, 0.29) is 10.9 Å². The highest BCUT2D eigenvalue weighted by Crippen LogP contribution is 2.49. The van der Waals surface area contributed by atoms with Gasteiger partial charge in [-0.1, -0.05) is 48.5 Å². The van der Waals surface area contributed by atoms with Crippen LogP contribution in [0, 0.1) is 0 Å². The third-order valence-electron chi connectivity index (χ3n) is 7.00. The van der Waals surface area contributed by atoms with Gasteiger partial charge in [-0.25, -0.2) is 0 Å². The van der Waals surface area contributed by atoms with Gasteiger partial charge < -0.3 is 0 Å². The van der Waals surface area contributed by atoms with Crippen molar-refractivity contribution in [1.82, 2.24) is 0 Å². The third-order valence-corrected chi connectivity index (χ3v) is 7.00. The van der Waals surface area contributed by atoms with Gasteiger partial charge in [-0.05, 0) is 67.4 Å². The zero-order valence-electron chi connectivity index (χ0n) is 15.7. The molecule has 0 N–H and O–H groups in total. The SMILES string of the molecule is O=c1ccc2cc3cccc4c5c(=O)ccc6cc7cccc8c1c2c(c34)c(c78)c65. The Balaban J connectivity index is 2.01. The summed E-state index contributed by atoms with van der Waals surface area (Å²) in [7, 11) is 0. The maximum absolute atomic E-state index is 13.1. The van der Waals surface area contributed by atoms with Crippen LogP contribution >= 0.6 is 0 Å². The molecule has 0 aliphatic heterocycles. The van der Waals surface area contributed by atoms with Crippen molar-refractivity contribution in [3.8, 4) is 0 Å². The van der Waals surface area contributed by atoms with E-state index in [1.165, 1.54) is 0 Å². The second-order valence-electron chi connectivity index (χ2n) is 8.38. The lowest BCUT2D eigenvalue weighted by Crippen LogP contribution is -2.05. The number of rotatable bonds is 0. The minimum absolute atomic E-state index is 0.0530. The normalized spacial score (nSPS) is 12.9. The van der Waals surface area contributed by atoms with Crippen molar-refractivity contribution in [2.24, 2.45) is 0 Å². The average molecular weight is 380 g/mol. The maximum Gasteiger partial charge on any atom is 0.187 e.